The van der Waals surface area contributed by atoms with E-state index < -0.39 is 28.2 Å². The summed E-state index contributed by atoms with van der Waals surface area (Å²) < 4.78 is 0.801. The molecule has 4 saturated carbocycles. The first-order valence-corrected chi connectivity index (χ1v) is 12.3. The third-order valence-corrected chi connectivity index (χ3v) is 10.4. The standard InChI is InChI=1S/C21H28BrN3O3S/c22-14-10-25-17(29-14)21(16(24)27)13-5-4-12(19(13)8-9-19)20(21,15(23)26)11-18(28)6-2-1-3-7-18/h10,12-13,28H,1-9,11H2,(H2,23,26)(H2,24,27)/t12-,13+,20+,21-/m1/s1. The molecule has 2 bridgehead atoms. The van der Waals surface area contributed by atoms with Gasteiger partial charge < -0.3 is 16.6 Å². The number of carbonyl (C=O) groups excluding carboxylic acids is 2. The topological polar surface area (TPSA) is 119 Å². The fraction of sp³-hybridized carbons (Fsp3) is 0.762. The monoisotopic (exact) mass is 481 g/mol. The van der Waals surface area contributed by atoms with Crippen LogP contribution >= 0.6 is 27.3 Å². The van der Waals surface area contributed by atoms with Crippen LogP contribution < -0.4 is 11.5 Å². The van der Waals surface area contributed by atoms with Gasteiger partial charge in [-0.05, 0) is 78.1 Å². The number of nitrogens with two attached hydrogens (primary N) is 2. The molecular formula is C21H28BrN3O3S. The minimum Gasteiger partial charge on any atom is -0.390 e. The van der Waals surface area contributed by atoms with Crippen molar-refractivity contribution in [2.24, 2.45) is 34.1 Å². The minimum absolute atomic E-state index is 0.0152. The molecule has 0 aliphatic heterocycles. The first-order chi connectivity index (χ1) is 13.7. The Morgan fingerprint density at radius 2 is 1.76 bits per heavy atom. The molecule has 1 aromatic heterocycles. The fourth-order valence-electron chi connectivity index (χ4n) is 7.86. The molecule has 4 aliphatic rings. The van der Waals surface area contributed by atoms with Gasteiger partial charge in [0.25, 0.3) is 0 Å². The SMILES string of the molecule is NC(=O)[C@]1(CC2(O)CCCCC2)[C@@H]2CC[C@@H](C23CC3)[C@@]1(C(N)=O)c1ncc(Br)s1. The molecule has 4 atom stereocenters. The molecule has 4 fully saturated rings. The van der Waals surface area contributed by atoms with Gasteiger partial charge in [-0.25, -0.2) is 4.98 Å². The number of rotatable bonds is 5. The van der Waals surface area contributed by atoms with Gasteiger partial charge in [0, 0.05) is 0 Å². The van der Waals surface area contributed by atoms with Gasteiger partial charge in [-0.1, -0.05) is 19.3 Å². The van der Waals surface area contributed by atoms with E-state index in [9.17, 15) is 14.7 Å². The van der Waals surface area contributed by atoms with Crippen LogP contribution in [0.5, 0.6) is 0 Å². The molecule has 158 valence electrons. The number of thiazole rings is 1. The number of carbonyl (C=O) groups is 2. The number of aliphatic hydroxyl groups is 1. The molecule has 5 rings (SSSR count). The highest BCUT2D eigenvalue weighted by atomic mass is 79.9. The molecule has 29 heavy (non-hydrogen) atoms. The number of hydrogen-bond acceptors (Lipinski definition) is 5. The normalized spacial score (nSPS) is 39.0. The van der Waals surface area contributed by atoms with Crippen molar-refractivity contribution in [3.05, 3.63) is 15.0 Å². The van der Waals surface area contributed by atoms with Crippen LogP contribution in [0.1, 0.15) is 69.2 Å². The summed E-state index contributed by atoms with van der Waals surface area (Å²) in [6.45, 7) is 0. The largest absolute Gasteiger partial charge is 0.390 e. The maximum Gasteiger partial charge on any atom is 0.231 e. The van der Waals surface area contributed by atoms with Gasteiger partial charge in [0.1, 0.15) is 10.4 Å². The second-order valence-electron chi connectivity index (χ2n) is 9.85. The maximum atomic E-state index is 13.4. The number of amides is 2. The predicted molar refractivity (Wildman–Crippen MR) is 113 cm³/mol. The van der Waals surface area contributed by atoms with Crippen molar-refractivity contribution in [1.29, 1.82) is 0 Å². The summed E-state index contributed by atoms with van der Waals surface area (Å²) in [4.78, 5) is 31.4. The average Bonchev–Trinajstić information content (AvgIpc) is 3.13. The molecule has 1 aromatic rings. The zero-order chi connectivity index (χ0) is 20.7. The van der Waals surface area contributed by atoms with E-state index in [2.05, 4.69) is 20.9 Å². The number of halogens is 1. The van der Waals surface area contributed by atoms with Crippen molar-refractivity contribution in [1.82, 2.24) is 4.98 Å². The van der Waals surface area contributed by atoms with Crippen LogP contribution in [0, 0.1) is 22.7 Å². The number of hydrogen-bond donors (Lipinski definition) is 3. The molecular weight excluding hydrogens is 454 g/mol. The summed E-state index contributed by atoms with van der Waals surface area (Å²) in [6.07, 6.45) is 9.84. The highest BCUT2D eigenvalue weighted by Crippen LogP contribution is 2.83. The van der Waals surface area contributed by atoms with Gasteiger partial charge in [-0.3, -0.25) is 9.59 Å². The van der Waals surface area contributed by atoms with Gasteiger partial charge in [0.05, 0.1) is 21.0 Å². The summed E-state index contributed by atoms with van der Waals surface area (Å²) in [5.74, 6) is -1.04. The molecule has 1 heterocycles. The van der Waals surface area contributed by atoms with E-state index in [1.807, 2.05) is 0 Å². The van der Waals surface area contributed by atoms with Crippen LogP contribution in [0.25, 0.3) is 0 Å². The maximum absolute atomic E-state index is 13.4. The number of aromatic nitrogens is 1. The van der Waals surface area contributed by atoms with Crippen molar-refractivity contribution in [3.8, 4) is 0 Å². The fourth-order valence-corrected chi connectivity index (χ4v) is 9.40. The molecule has 6 nitrogen and oxygen atoms in total. The van der Waals surface area contributed by atoms with E-state index in [1.54, 1.807) is 6.20 Å². The van der Waals surface area contributed by atoms with Crippen molar-refractivity contribution < 1.29 is 14.7 Å². The summed E-state index contributed by atoms with van der Waals surface area (Å²) in [7, 11) is 0. The summed E-state index contributed by atoms with van der Waals surface area (Å²) in [5, 5.41) is 12.1. The Hall–Kier alpha value is -0.990. The van der Waals surface area contributed by atoms with E-state index >= 15 is 0 Å². The molecule has 0 radical (unpaired) electrons. The van der Waals surface area contributed by atoms with E-state index in [0.717, 1.165) is 48.7 Å². The van der Waals surface area contributed by atoms with Crippen molar-refractivity contribution in [2.45, 2.75) is 75.2 Å². The lowest BCUT2D eigenvalue weighted by molar-refractivity contribution is -0.155. The van der Waals surface area contributed by atoms with Gasteiger partial charge in [-0.15, -0.1) is 11.3 Å². The van der Waals surface area contributed by atoms with Crippen LogP contribution in [-0.4, -0.2) is 27.5 Å². The molecule has 5 N–H and O–H groups in total. The average molecular weight is 482 g/mol. The van der Waals surface area contributed by atoms with Gasteiger partial charge in [0.2, 0.25) is 11.8 Å². The van der Waals surface area contributed by atoms with Gasteiger partial charge in [-0.2, -0.15) is 0 Å². The first kappa shape index (κ1) is 19.9. The van der Waals surface area contributed by atoms with Crippen molar-refractivity contribution in [3.63, 3.8) is 0 Å². The Bertz CT molecular complexity index is 878. The van der Waals surface area contributed by atoms with Crippen LogP contribution in [0.2, 0.25) is 0 Å². The molecule has 2 amide bonds. The Labute approximate surface area is 183 Å². The lowest BCUT2D eigenvalue weighted by Crippen LogP contribution is -2.65. The summed E-state index contributed by atoms with van der Waals surface area (Å²) in [6, 6.07) is 0. The Kier molecular flexibility index (Phi) is 4.31. The van der Waals surface area contributed by atoms with E-state index in [1.165, 1.54) is 11.3 Å². The molecule has 0 aromatic carbocycles. The van der Waals surface area contributed by atoms with Crippen LogP contribution in [0.3, 0.4) is 0 Å². The van der Waals surface area contributed by atoms with E-state index in [-0.39, 0.29) is 23.7 Å². The quantitative estimate of drug-likeness (QED) is 0.598. The molecule has 0 unspecified atom stereocenters. The van der Waals surface area contributed by atoms with Crippen LogP contribution in [0.15, 0.2) is 9.98 Å². The Morgan fingerprint density at radius 1 is 1.10 bits per heavy atom. The Morgan fingerprint density at radius 3 is 2.28 bits per heavy atom. The second kappa shape index (κ2) is 6.26. The lowest BCUT2D eigenvalue weighted by atomic mass is 9.51. The number of nitrogens with zero attached hydrogens (tertiary/aromatic N) is 1. The smallest absolute Gasteiger partial charge is 0.231 e. The molecule has 8 heteroatoms. The van der Waals surface area contributed by atoms with Crippen molar-refractivity contribution >= 4 is 39.1 Å². The van der Waals surface area contributed by atoms with Crippen molar-refractivity contribution in [2.75, 3.05) is 0 Å². The van der Waals surface area contributed by atoms with Crippen LogP contribution in [-0.2, 0) is 15.0 Å². The molecule has 4 aliphatic carbocycles. The predicted octanol–water partition coefficient (Wildman–Crippen LogP) is 3.01. The molecule has 1 spiro atoms. The minimum atomic E-state index is -1.23. The third-order valence-electron chi connectivity index (χ3n) is 8.82. The molecule has 0 saturated heterocycles. The zero-order valence-electron chi connectivity index (χ0n) is 16.5. The van der Waals surface area contributed by atoms with Gasteiger partial charge in [0.15, 0.2) is 0 Å². The number of primary amides is 2. The highest BCUT2D eigenvalue weighted by Gasteiger charge is 2.85. The third kappa shape index (κ3) is 2.34. The lowest BCUT2D eigenvalue weighted by Gasteiger charge is -2.51. The van der Waals surface area contributed by atoms with Crippen LogP contribution in [0.4, 0.5) is 0 Å². The first-order valence-electron chi connectivity index (χ1n) is 10.7. The summed E-state index contributed by atoms with van der Waals surface area (Å²) >= 11 is 4.85. The second-order valence-corrected chi connectivity index (χ2v) is 12.3. The van der Waals surface area contributed by atoms with Gasteiger partial charge >= 0.3 is 0 Å². The zero-order valence-corrected chi connectivity index (χ0v) is 18.9. The van der Waals surface area contributed by atoms with E-state index in [4.69, 9.17) is 11.5 Å². The highest BCUT2D eigenvalue weighted by molar-refractivity contribution is 9.11. The Balaban J connectivity index is 1.76. The van der Waals surface area contributed by atoms with E-state index in [0.29, 0.717) is 17.8 Å². The summed E-state index contributed by atoms with van der Waals surface area (Å²) in [5.41, 5.74) is 8.94.